The molecule has 0 aliphatic heterocycles. The lowest BCUT2D eigenvalue weighted by molar-refractivity contribution is 1.28. The smallest absolute Gasteiger partial charge is 0.0998 e. The molecule has 0 aliphatic carbocycles. The van der Waals surface area contributed by atoms with E-state index in [1.807, 2.05) is 66.7 Å². The van der Waals surface area contributed by atoms with E-state index in [4.69, 9.17) is 0 Å². The zero-order valence-electron chi connectivity index (χ0n) is 26.4. The van der Waals surface area contributed by atoms with Crippen molar-refractivity contribution >= 4 is 45.8 Å². The quantitative estimate of drug-likeness (QED) is 0.120. The van der Waals surface area contributed by atoms with Crippen molar-refractivity contribution in [2.24, 2.45) is 0 Å². The Balaban J connectivity index is 1.11. The molecule has 0 spiro atoms. The number of rotatable bonds is 9. The molecule has 0 saturated heterocycles. The van der Waals surface area contributed by atoms with Crippen molar-refractivity contribution in [1.29, 1.82) is 5.26 Å². The normalized spacial score (nSPS) is 11.0. The van der Waals surface area contributed by atoms with E-state index in [2.05, 4.69) is 149 Å². The first-order valence-electron chi connectivity index (χ1n) is 16.0. The zero-order valence-corrected chi connectivity index (χ0v) is 26.4. The molecule has 3 nitrogen and oxygen atoms in total. The second-order valence-corrected chi connectivity index (χ2v) is 11.4. The second kappa shape index (κ2) is 14.2. The summed E-state index contributed by atoms with van der Waals surface area (Å²) in [5, 5.41) is 10.1. The van der Waals surface area contributed by atoms with Crippen molar-refractivity contribution in [3.05, 3.63) is 205 Å². The number of anilines is 6. The molecule has 0 N–H and O–H groups in total. The van der Waals surface area contributed by atoms with E-state index in [1.54, 1.807) is 0 Å². The highest BCUT2D eigenvalue weighted by Crippen LogP contribution is 2.36. The minimum Gasteiger partial charge on any atom is -0.311 e. The van der Waals surface area contributed by atoms with Gasteiger partial charge in [0, 0.05) is 34.1 Å². The molecule has 0 bridgehead atoms. The SMILES string of the molecule is N#C/C(=C\c1ccc(N(c2ccccc2)c2ccccc2)cc1)c1ccc(-c2ccc(N(c3ccccc3)c3ccccc3)cc2)cc1. The Labute approximate surface area is 282 Å². The van der Waals surface area contributed by atoms with Crippen LogP contribution in [0.3, 0.4) is 0 Å². The Kier molecular flexibility index (Phi) is 8.89. The second-order valence-electron chi connectivity index (χ2n) is 11.4. The highest BCUT2D eigenvalue weighted by atomic mass is 15.1. The van der Waals surface area contributed by atoms with Crippen molar-refractivity contribution in [3.63, 3.8) is 0 Å². The number of hydrogen-bond donors (Lipinski definition) is 0. The van der Waals surface area contributed by atoms with E-state index < -0.39 is 0 Å². The van der Waals surface area contributed by atoms with E-state index in [-0.39, 0.29) is 0 Å². The fourth-order valence-corrected chi connectivity index (χ4v) is 5.91. The van der Waals surface area contributed by atoms with Crippen molar-refractivity contribution in [1.82, 2.24) is 0 Å². The summed E-state index contributed by atoms with van der Waals surface area (Å²) in [6, 6.07) is 69.1. The maximum absolute atomic E-state index is 10.1. The third-order valence-electron chi connectivity index (χ3n) is 8.30. The fraction of sp³-hybridized carbons (Fsp3) is 0. The topological polar surface area (TPSA) is 30.3 Å². The molecule has 48 heavy (non-hydrogen) atoms. The maximum Gasteiger partial charge on any atom is 0.0998 e. The molecule has 0 fully saturated rings. The third-order valence-corrected chi connectivity index (χ3v) is 8.30. The molecule has 0 atom stereocenters. The highest BCUT2D eigenvalue weighted by Gasteiger charge is 2.13. The Hall–Kier alpha value is -6.63. The Morgan fingerprint density at radius 3 is 1.04 bits per heavy atom. The van der Waals surface area contributed by atoms with Gasteiger partial charge in [0.2, 0.25) is 0 Å². The van der Waals surface area contributed by atoms with Crippen LogP contribution in [0.4, 0.5) is 34.1 Å². The average molecular weight is 616 g/mol. The number of benzene rings is 7. The van der Waals surface area contributed by atoms with Gasteiger partial charge < -0.3 is 9.80 Å². The van der Waals surface area contributed by atoms with Crippen LogP contribution in [0.5, 0.6) is 0 Å². The fourth-order valence-electron chi connectivity index (χ4n) is 5.91. The molecule has 0 aliphatic rings. The van der Waals surface area contributed by atoms with Crippen LogP contribution < -0.4 is 9.80 Å². The molecule has 7 aromatic rings. The third kappa shape index (κ3) is 6.65. The number of nitrogens with zero attached hydrogens (tertiary/aromatic N) is 3. The monoisotopic (exact) mass is 615 g/mol. The zero-order chi connectivity index (χ0) is 32.5. The van der Waals surface area contributed by atoms with Crippen molar-refractivity contribution < 1.29 is 0 Å². The van der Waals surface area contributed by atoms with Crippen molar-refractivity contribution in [2.75, 3.05) is 9.80 Å². The lowest BCUT2D eigenvalue weighted by atomic mass is 9.99. The van der Waals surface area contributed by atoms with Gasteiger partial charge >= 0.3 is 0 Å². The van der Waals surface area contributed by atoms with Gasteiger partial charge in [0.1, 0.15) is 0 Å². The van der Waals surface area contributed by atoms with Gasteiger partial charge in [0.25, 0.3) is 0 Å². The molecule has 7 aromatic carbocycles. The lowest BCUT2D eigenvalue weighted by Crippen LogP contribution is -2.09. The summed E-state index contributed by atoms with van der Waals surface area (Å²) in [4.78, 5) is 4.48. The summed E-state index contributed by atoms with van der Waals surface area (Å²) >= 11 is 0. The molecule has 0 radical (unpaired) electrons. The minimum atomic E-state index is 0.619. The van der Waals surface area contributed by atoms with Crippen LogP contribution in [0.1, 0.15) is 11.1 Å². The van der Waals surface area contributed by atoms with Crippen molar-refractivity contribution in [3.8, 4) is 17.2 Å². The molecule has 0 saturated carbocycles. The lowest BCUT2D eigenvalue weighted by Gasteiger charge is -2.25. The first-order valence-corrected chi connectivity index (χ1v) is 16.0. The molecule has 0 amide bonds. The summed E-state index contributed by atoms with van der Waals surface area (Å²) < 4.78 is 0. The molecule has 0 heterocycles. The van der Waals surface area contributed by atoms with E-state index >= 15 is 0 Å². The van der Waals surface area contributed by atoms with Gasteiger partial charge in [0.15, 0.2) is 0 Å². The van der Waals surface area contributed by atoms with Crippen LogP contribution in [0, 0.1) is 11.3 Å². The van der Waals surface area contributed by atoms with Gasteiger partial charge in [-0.2, -0.15) is 5.26 Å². The van der Waals surface area contributed by atoms with E-state index in [0.717, 1.165) is 56.4 Å². The molecule has 0 aromatic heterocycles. The molecular weight excluding hydrogens is 583 g/mol. The summed E-state index contributed by atoms with van der Waals surface area (Å²) in [5.41, 5.74) is 11.2. The molecule has 3 heteroatoms. The maximum atomic E-state index is 10.1. The Morgan fingerprint density at radius 1 is 0.375 bits per heavy atom. The van der Waals surface area contributed by atoms with Gasteiger partial charge in [-0.05, 0) is 101 Å². The molecular formula is C45H33N3. The number of allylic oxidation sites excluding steroid dienone is 1. The number of nitriles is 1. The highest BCUT2D eigenvalue weighted by molar-refractivity contribution is 5.90. The Morgan fingerprint density at radius 2 is 0.688 bits per heavy atom. The van der Waals surface area contributed by atoms with Crippen LogP contribution >= 0.6 is 0 Å². The first kappa shape index (κ1) is 30.0. The Bertz CT molecular complexity index is 2050. The predicted molar refractivity (Wildman–Crippen MR) is 201 cm³/mol. The van der Waals surface area contributed by atoms with Gasteiger partial charge in [-0.1, -0.05) is 121 Å². The summed E-state index contributed by atoms with van der Waals surface area (Å²) in [7, 11) is 0. The van der Waals surface area contributed by atoms with Crippen LogP contribution in [-0.2, 0) is 0 Å². The summed E-state index contributed by atoms with van der Waals surface area (Å²) in [6.07, 6.45) is 1.95. The first-order chi connectivity index (χ1) is 23.8. The minimum absolute atomic E-state index is 0.619. The van der Waals surface area contributed by atoms with Crippen LogP contribution in [0.25, 0.3) is 22.8 Å². The number of para-hydroxylation sites is 4. The van der Waals surface area contributed by atoms with E-state index in [1.165, 1.54) is 0 Å². The molecule has 7 rings (SSSR count). The predicted octanol–water partition coefficient (Wildman–Crippen LogP) is 12.4. The van der Waals surface area contributed by atoms with E-state index in [9.17, 15) is 5.26 Å². The standard InChI is InChI=1S/C45H33N3/c46-34-39(33-35-21-29-44(30-22-35)47(40-13-5-1-6-14-40)41-15-7-2-8-16-41)38-25-23-36(24-26-38)37-27-31-45(32-28-37)48(42-17-9-3-10-18-42)43-19-11-4-12-20-43/h1-33H/b39-33+. The van der Waals surface area contributed by atoms with Crippen LogP contribution in [-0.4, -0.2) is 0 Å². The van der Waals surface area contributed by atoms with Gasteiger partial charge in [-0.3, -0.25) is 0 Å². The van der Waals surface area contributed by atoms with Crippen molar-refractivity contribution in [2.45, 2.75) is 0 Å². The summed E-state index contributed by atoms with van der Waals surface area (Å²) in [5.74, 6) is 0. The van der Waals surface area contributed by atoms with Gasteiger partial charge in [-0.15, -0.1) is 0 Å². The number of hydrogen-bond acceptors (Lipinski definition) is 3. The van der Waals surface area contributed by atoms with Gasteiger partial charge in [-0.25, -0.2) is 0 Å². The van der Waals surface area contributed by atoms with Gasteiger partial charge in [0.05, 0.1) is 11.6 Å². The largest absolute Gasteiger partial charge is 0.311 e. The molecule has 0 unspecified atom stereocenters. The van der Waals surface area contributed by atoms with Crippen LogP contribution in [0.15, 0.2) is 194 Å². The average Bonchev–Trinajstić information content (AvgIpc) is 3.17. The van der Waals surface area contributed by atoms with Crippen LogP contribution in [0.2, 0.25) is 0 Å². The molecule has 228 valence electrons. The van der Waals surface area contributed by atoms with E-state index in [0.29, 0.717) is 5.57 Å². The summed E-state index contributed by atoms with van der Waals surface area (Å²) in [6.45, 7) is 0.